The number of piperidine rings is 3. The van der Waals surface area contributed by atoms with E-state index in [2.05, 4.69) is 17.6 Å². The van der Waals surface area contributed by atoms with Gasteiger partial charge in [-0.3, -0.25) is 4.98 Å². The summed E-state index contributed by atoms with van der Waals surface area (Å²) in [5.74, 6) is 1.63. The Labute approximate surface area is 136 Å². The summed E-state index contributed by atoms with van der Waals surface area (Å²) in [6, 6.07) is 7.75. The normalized spacial score (nSPS) is 31.2. The number of phenolic OH excluding ortho intramolecular Hbond substituents is 1. The number of aromatic nitrogens is 1. The molecule has 4 N–H and O–H groups in total. The zero-order valence-corrected chi connectivity index (χ0v) is 13.3. The Morgan fingerprint density at radius 1 is 1.39 bits per heavy atom. The summed E-state index contributed by atoms with van der Waals surface area (Å²) in [4.78, 5) is 6.00. The second-order valence-electron chi connectivity index (χ2n) is 7.03. The number of benzene rings is 1. The highest BCUT2D eigenvalue weighted by Gasteiger charge is 2.45. The Morgan fingerprint density at radius 3 is 3.00 bits per heavy atom. The van der Waals surface area contributed by atoms with Crippen molar-refractivity contribution in [3.8, 4) is 5.75 Å². The van der Waals surface area contributed by atoms with Crippen molar-refractivity contribution in [3.63, 3.8) is 0 Å². The van der Waals surface area contributed by atoms with E-state index in [0.717, 1.165) is 35.3 Å². The van der Waals surface area contributed by atoms with Gasteiger partial charge in [0.25, 0.3) is 0 Å². The molecule has 4 heterocycles. The second kappa shape index (κ2) is 5.62. The Bertz CT molecular complexity index is 744. The standard InChI is InChI=1S/C19H23N3O/c1-2-12-11-22-8-6-13(12)9-18(22)19(20)15-5-7-21-17-4-3-14(23)10-16(15)17/h2-5,7,10,12-13,18-19,23H,1,6,8-9,11,20H2/p+1/t12-,13?,18-,19-/m0/s1. The van der Waals surface area contributed by atoms with Crippen LogP contribution in [-0.2, 0) is 0 Å². The van der Waals surface area contributed by atoms with E-state index in [1.54, 1.807) is 17.0 Å². The number of aromatic hydroxyl groups is 1. The summed E-state index contributed by atoms with van der Waals surface area (Å²) in [5, 5.41) is 10.8. The van der Waals surface area contributed by atoms with Crippen LogP contribution >= 0.6 is 0 Å². The smallest absolute Gasteiger partial charge is 0.116 e. The highest BCUT2D eigenvalue weighted by molar-refractivity contribution is 5.83. The lowest BCUT2D eigenvalue weighted by Crippen LogP contribution is -3.20. The van der Waals surface area contributed by atoms with Gasteiger partial charge in [0.1, 0.15) is 11.8 Å². The van der Waals surface area contributed by atoms with Crippen LogP contribution in [0.25, 0.3) is 10.9 Å². The molecule has 5 rings (SSSR count). The quantitative estimate of drug-likeness (QED) is 0.751. The van der Waals surface area contributed by atoms with Gasteiger partial charge in [-0.05, 0) is 35.7 Å². The maximum atomic E-state index is 9.83. The van der Waals surface area contributed by atoms with E-state index in [0.29, 0.717) is 12.0 Å². The fourth-order valence-electron chi connectivity index (χ4n) is 4.62. The van der Waals surface area contributed by atoms with Crippen LogP contribution in [0.3, 0.4) is 0 Å². The van der Waals surface area contributed by atoms with Crippen molar-refractivity contribution in [2.75, 3.05) is 13.1 Å². The van der Waals surface area contributed by atoms with Gasteiger partial charge >= 0.3 is 0 Å². The number of hydrogen-bond donors (Lipinski definition) is 3. The van der Waals surface area contributed by atoms with Gasteiger partial charge in [-0.15, -0.1) is 6.58 Å². The molecule has 4 heteroatoms. The van der Waals surface area contributed by atoms with E-state index >= 15 is 0 Å². The van der Waals surface area contributed by atoms with Crippen LogP contribution in [0, 0.1) is 11.8 Å². The highest BCUT2D eigenvalue weighted by atomic mass is 16.3. The zero-order chi connectivity index (χ0) is 16.0. The number of pyridine rings is 1. The van der Waals surface area contributed by atoms with E-state index in [-0.39, 0.29) is 11.8 Å². The van der Waals surface area contributed by atoms with Crippen LogP contribution in [-0.4, -0.2) is 29.2 Å². The third kappa shape index (κ3) is 2.42. The van der Waals surface area contributed by atoms with E-state index in [9.17, 15) is 5.11 Å². The first kappa shape index (κ1) is 14.7. The summed E-state index contributed by atoms with van der Waals surface area (Å²) in [5.41, 5.74) is 8.70. The molecule has 5 atom stereocenters. The number of nitrogens with two attached hydrogens (primary N) is 1. The molecule has 0 saturated carbocycles. The fourth-order valence-corrected chi connectivity index (χ4v) is 4.62. The third-order valence-electron chi connectivity index (χ3n) is 5.87. The lowest BCUT2D eigenvalue weighted by Gasteiger charge is -2.48. The van der Waals surface area contributed by atoms with Crippen molar-refractivity contribution in [1.82, 2.24) is 4.98 Å². The van der Waals surface area contributed by atoms with Crippen molar-refractivity contribution in [3.05, 3.63) is 48.7 Å². The molecule has 3 aliphatic heterocycles. The van der Waals surface area contributed by atoms with Gasteiger partial charge in [0.2, 0.25) is 0 Å². The maximum Gasteiger partial charge on any atom is 0.116 e. The van der Waals surface area contributed by atoms with E-state index in [4.69, 9.17) is 5.73 Å². The molecular weight excluding hydrogens is 286 g/mol. The molecule has 0 spiro atoms. The van der Waals surface area contributed by atoms with Crippen molar-refractivity contribution >= 4 is 10.9 Å². The number of nitrogens with one attached hydrogen (secondary N) is 1. The van der Waals surface area contributed by atoms with Gasteiger partial charge in [0.05, 0.1) is 24.6 Å². The lowest BCUT2D eigenvalue weighted by molar-refractivity contribution is -0.947. The number of rotatable bonds is 3. The topological polar surface area (TPSA) is 63.6 Å². The predicted octanol–water partition coefficient (Wildman–Crippen LogP) is 1.42. The highest BCUT2D eigenvalue weighted by Crippen LogP contribution is 2.33. The van der Waals surface area contributed by atoms with E-state index in [1.807, 2.05) is 18.3 Å². The van der Waals surface area contributed by atoms with Crippen LogP contribution in [0.15, 0.2) is 43.1 Å². The van der Waals surface area contributed by atoms with Crippen LogP contribution in [0.5, 0.6) is 5.75 Å². The van der Waals surface area contributed by atoms with Crippen molar-refractivity contribution in [1.29, 1.82) is 0 Å². The van der Waals surface area contributed by atoms with Gasteiger partial charge in [0, 0.05) is 30.3 Å². The average molecular weight is 310 g/mol. The molecule has 1 aromatic heterocycles. The summed E-state index contributed by atoms with van der Waals surface area (Å²) >= 11 is 0. The predicted molar refractivity (Wildman–Crippen MR) is 91.2 cm³/mol. The van der Waals surface area contributed by atoms with Gasteiger partial charge in [0.15, 0.2) is 0 Å². The summed E-state index contributed by atoms with van der Waals surface area (Å²) < 4.78 is 0. The van der Waals surface area contributed by atoms with Gasteiger partial charge in [-0.2, -0.15) is 0 Å². The molecule has 120 valence electrons. The second-order valence-corrected chi connectivity index (χ2v) is 7.03. The van der Waals surface area contributed by atoms with Crippen LogP contribution < -0.4 is 10.6 Å². The summed E-state index contributed by atoms with van der Waals surface area (Å²) in [6.45, 7) is 6.36. The zero-order valence-electron chi connectivity index (χ0n) is 13.3. The summed E-state index contributed by atoms with van der Waals surface area (Å²) in [6.07, 6.45) is 6.40. The molecule has 3 fully saturated rings. The molecule has 3 saturated heterocycles. The van der Waals surface area contributed by atoms with Crippen LogP contribution in [0.1, 0.15) is 24.4 Å². The molecule has 2 aromatic rings. The minimum Gasteiger partial charge on any atom is -0.508 e. The Kier molecular flexibility index (Phi) is 3.58. The number of fused-ring (bicyclic) bond motifs is 4. The van der Waals surface area contributed by atoms with E-state index < -0.39 is 0 Å². The number of nitrogens with zero attached hydrogens (tertiary/aromatic N) is 1. The van der Waals surface area contributed by atoms with Gasteiger partial charge in [-0.25, -0.2) is 0 Å². The number of phenols is 1. The Hall–Kier alpha value is -1.91. The van der Waals surface area contributed by atoms with Crippen molar-refractivity contribution in [2.24, 2.45) is 17.6 Å². The molecular formula is C19H24N3O+. The first-order valence-electron chi connectivity index (χ1n) is 8.47. The maximum absolute atomic E-state index is 9.83. The molecule has 23 heavy (non-hydrogen) atoms. The SMILES string of the molecule is C=C[C@H]1C[NH+]2CCC1C[C@H]2[C@@H](N)c1ccnc2ccc(O)cc12. The molecule has 1 aromatic carbocycles. The monoisotopic (exact) mass is 310 g/mol. The Morgan fingerprint density at radius 2 is 2.26 bits per heavy atom. The first-order chi connectivity index (χ1) is 11.2. The fraction of sp³-hybridized carbons (Fsp3) is 0.421. The molecule has 3 aliphatic rings. The third-order valence-corrected chi connectivity index (χ3v) is 5.87. The van der Waals surface area contributed by atoms with E-state index in [1.165, 1.54) is 13.0 Å². The molecule has 0 aliphatic carbocycles. The molecule has 2 unspecified atom stereocenters. The van der Waals surface area contributed by atoms with Crippen molar-refractivity contribution in [2.45, 2.75) is 24.9 Å². The van der Waals surface area contributed by atoms with Gasteiger partial charge in [-0.1, -0.05) is 6.08 Å². The van der Waals surface area contributed by atoms with Crippen LogP contribution in [0.2, 0.25) is 0 Å². The van der Waals surface area contributed by atoms with Gasteiger partial charge < -0.3 is 15.7 Å². The molecule has 0 radical (unpaired) electrons. The molecule has 0 amide bonds. The molecule has 4 nitrogen and oxygen atoms in total. The number of quaternary nitrogens is 1. The lowest BCUT2D eigenvalue weighted by atomic mass is 9.73. The minimum atomic E-state index is -0.0223. The first-order valence-corrected chi connectivity index (χ1v) is 8.47. The summed E-state index contributed by atoms with van der Waals surface area (Å²) in [7, 11) is 0. The minimum absolute atomic E-state index is 0.0223. The average Bonchev–Trinajstić information content (AvgIpc) is 2.60. The Balaban J connectivity index is 1.69. The largest absolute Gasteiger partial charge is 0.508 e. The molecule has 2 bridgehead atoms. The van der Waals surface area contributed by atoms with Crippen molar-refractivity contribution < 1.29 is 10.0 Å². The number of hydrogen-bond acceptors (Lipinski definition) is 3. The van der Waals surface area contributed by atoms with Crippen LogP contribution in [0.4, 0.5) is 0 Å².